The first kappa shape index (κ1) is 16.5. The first-order valence-corrected chi connectivity index (χ1v) is 7.78. The Balaban J connectivity index is 1.57. The Bertz CT molecular complexity index is 673. The monoisotopic (exact) mass is 330 g/mol. The highest BCUT2D eigenvalue weighted by atomic mass is 19.1. The number of rotatable bonds is 6. The zero-order valence-electron chi connectivity index (χ0n) is 13.2. The van der Waals surface area contributed by atoms with E-state index in [0.29, 0.717) is 25.6 Å². The van der Waals surface area contributed by atoms with Gasteiger partial charge in [0.25, 0.3) is 0 Å². The Morgan fingerprint density at radius 2 is 2.12 bits per heavy atom. The van der Waals surface area contributed by atoms with Gasteiger partial charge in [-0.05, 0) is 24.1 Å². The molecule has 1 aromatic carbocycles. The highest BCUT2D eigenvalue weighted by molar-refractivity contribution is 5.91. The Labute approximate surface area is 139 Å². The van der Waals surface area contributed by atoms with E-state index in [-0.39, 0.29) is 23.7 Å². The second kappa shape index (κ2) is 7.46. The summed E-state index contributed by atoms with van der Waals surface area (Å²) in [6, 6.07) is 6.48. The lowest BCUT2D eigenvalue weighted by Gasteiger charge is -2.28. The van der Waals surface area contributed by atoms with E-state index in [9.17, 15) is 9.18 Å². The van der Waals surface area contributed by atoms with Crippen molar-refractivity contribution < 1.29 is 13.9 Å². The number of aromatic nitrogens is 2. The van der Waals surface area contributed by atoms with Crippen molar-refractivity contribution in [2.45, 2.75) is 11.8 Å². The van der Waals surface area contributed by atoms with Crippen molar-refractivity contribution in [1.82, 2.24) is 15.3 Å². The van der Waals surface area contributed by atoms with Crippen LogP contribution in [-0.2, 0) is 14.9 Å². The van der Waals surface area contributed by atoms with Gasteiger partial charge in [0.15, 0.2) is 5.82 Å². The number of hydrogen-bond acceptors (Lipinski definition) is 5. The molecule has 1 saturated heterocycles. The zero-order chi connectivity index (χ0) is 16.8. The van der Waals surface area contributed by atoms with Crippen molar-refractivity contribution in [3.63, 3.8) is 0 Å². The molecule has 24 heavy (non-hydrogen) atoms. The van der Waals surface area contributed by atoms with Crippen molar-refractivity contribution in [3.05, 3.63) is 54.2 Å². The second-order valence-corrected chi connectivity index (χ2v) is 5.83. The van der Waals surface area contributed by atoms with Crippen LogP contribution in [0.25, 0.3) is 0 Å². The largest absolute Gasteiger partial charge is 0.380 e. The lowest BCUT2D eigenvalue weighted by atomic mass is 9.79. The average molecular weight is 330 g/mol. The highest BCUT2D eigenvalue weighted by Gasteiger charge is 2.36. The van der Waals surface area contributed by atoms with E-state index in [4.69, 9.17) is 4.74 Å². The number of amides is 1. The van der Waals surface area contributed by atoms with Crippen LogP contribution < -0.4 is 10.6 Å². The second-order valence-electron chi connectivity index (χ2n) is 5.83. The molecule has 3 rings (SSSR count). The number of hydrogen-bond donors (Lipinski definition) is 2. The van der Waals surface area contributed by atoms with Gasteiger partial charge in [0.2, 0.25) is 5.91 Å². The standard InChI is InChI=1S/C17H19FN4O2/c18-14-3-1-13(2-4-14)17(5-8-24-12-17)11-20-10-16(23)22-15-9-19-6-7-21-15/h1-4,6-7,9,20H,5,8,10-12H2,(H,21,22,23)/t17-/m1/s1. The number of nitrogens with one attached hydrogen (secondary N) is 2. The molecule has 2 heterocycles. The number of nitrogens with zero attached hydrogens (tertiary/aromatic N) is 2. The maximum Gasteiger partial charge on any atom is 0.239 e. The maximum absolute atomic E-state index is 13.2. The van der Waals surface area contributed by atoms with Crippen LogP contribution in [-0.4, -0.2) is 42.2 Å². The van der Waals surface area contributed by atoms with Crippen LogP contribution in [0.4, 0.5) is 10.2 Å². The van der Waals surface area contributed by atoms with Gasteiger partial charge in [0.1, 0.15) is 5.82 Å². The van der Waals surface area contributed by atoms with Gasteiger partial charge in [-0.2, -0.15) is 0 Å². The van der Waals surface area contributed by atoms with E-state index < -0.39 is 0 Å². The minimum absolute atomic E-state index is 0.152. The van der Waals surface area contributed by atoms with Crippen molar-refractivity contribution in [2.24, 2.45) is 0 Å². The van der Waals surface area contributed by atoms with Gasteiger partial charge >= 0.3 is 0 Å². The maximum atomic E-state index is 13.2. The number of anilines is 1. The lowest BCUT2D eigenvalue weighted by Crippen LogP contribution is -2.41. The minimum atomic E-state index is -0.260. The molecule has 1 aromatic heterocycles. The van der Waals surface area contributed by atoms with Crippen molar-refractivity contribution in [3.8, 4) is 0 Å². The molecule has 1 atom stereocenters. The van der Waals surface area contributed by atoms with Gasteiger partial charge < -0.3 is 15.4 Å². The van der Waals surface area contributed by atoms with E-state index in [2.05, 4.69) is 20.6 Å². The van der Waals surface area contributed by atoms with Crippen LogP contribution in [0.2, 0.25) is 0 Å². The molecule has 2 N–H and O–H groups in total. The minimum Gasteiger partial charge on any atom is -0.380 e. The molecule has 1 aliphatic rings. The molecule has 7 heteroatoms. The van der Waals surface area contributed by atoms with Crippen molar-refractivity contribution >= 4 is 11.7 Å². The molecule has 6 nitrogen and oxygen atoms in total. The number of ether oxygens (including phenoxy) is 1. The lowest BCUT2D eigenvalue weighted by molar-refractivity contribution is -0.115. The summed E-state index contributed by atoms with van der Waals surface area (Å²) < 4.78 is 18.7. The van der Waals surface area contributed by atoms with Gasteiger partial charge in [-0.1, -0.05) is 12.1 Å². The van der Waals surface area contributed by atoms with Crippen molar-refractivity contribution in [1.29, 1.82) is 0 Å². The van der Waals surface area contributed by atoms with Crippen LogP contribution in [0.15, 0.2) is 42.9 Å². The quantitative estimate of drug-likeness (QED) is 0.839. The third kappa shape index (κ3) is 3.93. The summed E-state index contributed by atoms with van der Waals surface area (Å²) in [4.78, 5) is 19.8. The molecule has 0 aliphatic carbocycles. The third-order valence-electron chi connectivity index (χ3n) is 4.14. The predicted octanol–water partition coefficient (Wildman–Crippen LogP) is 1.50. The van der Waals surface area contributed by atoms with Crippen LogP contribution in [0.1, 0.15) is 12.0 Å². The molecule has 1 amide bonds. The fourth-order valence-corrected chi connectivity index (χ4v) is 2.85. The summed E-state index contributed by atoms with van der Waals surface area (Å²) in [5.74, 6) is -0.0328. The molecule has 0 saturated carbocycles. The summed E-state index contributed by atoms with van der Waals surface area (Å²) in [5.41, 5.74) is 0.781. The number of carbonyl (C=O) groups excluding carboxylic acids is 1. The van der Waals surface area contributed by atoms with E-state index in [1.54, 1.807) is 18.3 Å². The van der Waals surface area contributed by atoms with Crippen LogP contribution in [0, 0.1) is 5.82 Å². The first-order chi connectivity index (χ1) is 11.7. The van der Waals surface area contributed by atoms with Crippen LogP contribution >= 0.6 is 0 Å². The molecule has 126 valence electrons. The normalized spacial score (nSPS) is 20.0. The van der Waals surface area contributed by atoms with Crippen LogP contribution in [0.5, 0.6) is 0 Å². The Morgan fingerprint density at radius 1 is 1.29 bits per heavy atom. The fourth-order valence-electron chi connectivity index (χ4n) is 2.85. The molecule has 2 aromatic rings. The summed E-state index contributed by atoms with van der Waals surface area (Å²) >= 11 is 0. The number of benzene rings is 1. The van der Waals surface area contributed by atoms with Gasteiger partial charge in [-0.3, -0.25) is 9.78 Å². The third-order valence-corrected chi connectivity index (χ3v) is 4.14. The molecule has 1 aliphatic heterocycles. The van der Waals surface area contributed by atoms with Gasteiger partial charge in [-0.15, -0.1) is 0 Å². The topological polar surface area (TPSA) is 76.1 Å². The molecule has 0 unspecified atom stereocenters. The summed E-state index contributed by atoms with van der Waals surface area (Å²) in [6.45, 7) is 1.94. The van der Waals surface area contributed by atoms with E-state index in [0.717, 1.165) is 12.0 Å². The molecular weight excluding hydrogens is 311 g/mol. The van der Waals surface area contributed by atoms with Crippen LogP contribution in [0.3, 0.4) is 0 Å². The van der Waals surface area contributed by atoms with Gasteiger partial charge in [0.05, 0.1) is 19.3 Å². The highest BCUT2D eigenvalue weighted by Crippen LogP contribution is 2.32. The van der Waals surface area contributed by atoms with E-state index in [1.165, 1.54) is 24.5 Å². The van der Waals surface area contributed by atoms with Gasteiger partial charge in [0, 0.05) is 31.0 Å². The smallest absolute Gasteiger partial charge is 0.239 e. The predicted molar refractivity (Wildman–Crippen MR) is 87.0 cm³/mol. The molecule has 0 bridgehead atoms. The summed E-state index contributed by atoms with van der Waals surface area (Å²) in [6.07, 6.45) is 5.38. The SMILES string of the molecule is O=C(CNC[C@]1(c2ccc(F)cc2)CCOC1)Nc1cnccn1. The van der Waals surface area contributed by atoms with E-state index >= 15 is 0 Å². The molecule has 1 fully saturated rings. The fraction of sp³-hybridized carbons (Fsp3) is 0.353. The zero-order valence-corrected chi connectivity index (χ0v) is 13.2. The molecule has 0 spiro atoms. The average Bonchev–Trinajstić information content (AvgIpc) is 3.06. The van der Waals surface area contributed by atoms with Crippen molar-refractivity contribution in [2.75, 3.05) is 31.6 Å². The Kier molecular flexibility index (Phi) is 5.12. The molecule has 0 radical (unpaired) electrons. The Morgan fingerprint density at radius 3 is 2.79 bits per heavy atom. The molecular formula is C17H19FN4O2. The number of halogens is 1. The van der Waals surface area contributed by atoms with E-state index in [1.807, 2.05) is 0 Å². The van der Waals surface area contributed by atoms with Gasteiger partial charge in [-0.25, -0.2) is 9.37 Å². The first-order valence-electron chi connectivity index (χ1n) is 7.78. The number of carbonyl (C=O) groups is 1. The summed E-state index contributed by atoms with van der Waals surface area (Å²) in [5, 5.41) is 5.84. The Hall–Kier alpha value is -2.38. The summed E-state index contributed by atoms with van der Waals surface area (Å²) in [7, 11) is 0.